The van der Waals surface area contributed by atoms with E-state index in [2.05, 4.69) is 4.99 Å². The highest BCUT2D eigenvalue weighted by molar-refractivity contribution is 7.11. The summed E-state index contributed by atoms with van der Waals surface area (Å²) in [4.78, 5) is 5.40. The van der Waals surface area contributed by atoms with Crippen LogP contribution in [0.2, 0.25) is 0 Å². The van der Waals surface area contributed by atoms with Gasteiger partial charge < -0.3 is 4.65 Å². The van der Waals surface area contributed by atoms with Crippen LogP contribution in [0.1, 0.15) is 4.88 Å². The summed E-state index contributed by atoms with van der Waals surface area (Å²) in [6.07, 6.45) is 1.79. The first-order valence-electron chi connectivity index (χ1n) is 4.43. The molecule has 0 aliphatic carbocycles. The highest BCUT2D eigenvalue weighted by Crippen LogP contribution is 2.26. The normalized spacial score (nSPS) is 10.7. The van der Waals surface area contributed by atoms with E-state index in [1.54, 1.807) is 23.6 Å². The van der Waals surface area contributed by atoms with Crippen LogP contribution in [0.3, 0.4) is 0 Å². The summed E-state index contributed by atoms with van der Waals surface area (Å²) in [5, 5.41) is 2.01. The van der Waals surface area contributed by atoms with Crippen molar-refractivity contribution in [2.24, 2.45) is 4.99 Å². The molecule has 0 unspecified atom stereocenters. The second-order valence-corrected chi connectivity index (χ2v) is 3.84. The fourth-order valence-electron chi connectivity index (χ4n) is 1.16. The van der Waals surface area contributed by atoms with E-state index in [4.69, 9.17) is 12.7 Å². The summed E-state index contributed by atoms with van der Waals surface area (Å²) in [5.41, 5.74) is 0.730. The highest BCUT2D eigenvalue weighted by atomic mass is 32.1. The first-order valence-corrected chi connectivity index (χ1v) is 5.31. The first-order chi connectivity index (χ1) is 7.40. The number of hydrogen-bond donors (Lipinski definition) is 0. The smallest absolute Gasteiger partial charge is 0.374 e. The molecule has 0 saturated heterocycles. The van der Waals surface area contributed by atoms with Crippen molar-refractivity contribution in [2.75, 3.05) is 0 Å². The summed E-state index contributed by atoms with van der Waals surface area (Å²) in [6, 6.07) is 11.4. The molecule has 0 fully saturated rings. The molecule has 0 aliphatic rings. The molecule has 0 N–H and O–H groups in total. The summed E-state index contributed by atoms with van der Waals surface area (Å²) in [5.74, 6) is 0.574. The van der Waals surface area contributed by atoms with Gasteiger partial charge in [0.2, 0.25) is 0 Å². The van der Waals surface area contributed by atoms with Crippen molar-refractivity contribution in [2.45, 2.75) is 0 Å². The monoisotopic (exact) mass is 213 g/mol. The second-order valence-electron chi connectivity index (χ2n) is 2.86. The van der Waals surface area contributed by atoms with Gasteiger partial charge in [-0.3, -0.25) is 4.99 Å². The summed E-state index contributed by atoms with van der Waals surface area (Å²) in [7, 11) is 5.13. The van der Waals surface area contributed by atoms with Crippen molar-refractivity contribution in [3.8, 4) is 5.75 Å². The van der Waals surface area contributed by atoms with Crippen LogP contribution >= 0.6 is 11.3 Å². The Hall–Kier alpha value is -1.55. The van der Waals surface area contributed by atoms with Gasteiger partial charge in [0.15, 0.2) is 0 Å². The van der Waals surface area contributed by atoms with Gasteiger partial charge in [-0.2, -0.15) is 0 Å². The number of hydrogen-bond acceptors (Lipinski definition) is 3. The van der Waals surface area contributed by atoms with E-state index in [-0.39, 0.29) is 0 Å². The van der Waals surface area contributed by atoms with Crippen LogP contribution in [-0.2, 0) is 0 Å². The Morgan fingerprint density at radius 1 is 1.20 bits per heavy atom. The molecule has 1 heterocycles. The van der Waals surface area contributed by atoms with Crippen LogP contribution in [0.25, 0.3) is 0 Å². The molecule has 0 aliphatic heterocycles. The molecular formula is C11H8BNOS. The predicted octanol–water partition coefficient (Wildman–Crippen LogP) is 2.96. The van der Waals surface area contributed by atoms with Gasteiger partial charge in [0.1, 0.15) is 11.4 Å². The van der Waals surface area contributed by atoms with Crippen LogP contribution in [-0.4, -0.2) is 14.3 Å². The molecule has 2 radical (unpaired) electrons. The van der Waals surface area contributed by atoms with Crippen molar-refractivity contribution in [1.29, 1.82) is 0 Å². The molecule has 1 aromatic heterocycles. The lowest BCUT2D eigenvalue weighted by atomic mass is 10.3. The molecule has 2 rings (SSSR count). The Kier molecular flexibility index (Phi) is 3.20. The average Bonchev–Trinajstić information content (AvgIpc) is 2.79. The van der Waals surface area contributed by atoms with Crippen molar-refractivity contribution in [3.63, 3.8) is 0 Å². The van der Waals surface area contributed by atoms with Gasteiger partial charge >= 0.3 is 8.05 Å². The minimum atomic E-state index is 0.574. The van der Waals surface area contributed by atoms with Crippen molar-refractivity contribution >= 4 is 31.3 Å². The molecule has 0 bridgehead atoms. The lowest BCUT2D eigenvalue weighted by Gasteiger charge is -2.02. The molecule has 4 heteroatoms. The van der Waals surface area contributed by atoms with Gasteiger partial charge in [0.25, 0.3) is 0 Å². The second kappa shape index (κ2) is 4.80. The number of aliphatic imine (C=N–C) groups is 1. The quantitative estimate of drug-likeness (QED) is 0.567. The third-order valence-electron chi connectivity index (χ3n) is 1.87. The fraction of sp³-hybridized carbons (Fsp3) is 0. The van der Waals surface area contributed by atoms with Crippen molar-refractivity contribution in [1.82, 2.24) is 0 Å². The van der Waals surface area contributed by atoms with Gasteiger partial charge in [-0.1, -0.05) is 18.2 Å². The van der Waals surface area contributed by atoms with Crippen LogP contribution in [0.5, 0.6) is 5.75 Å². The maximum Gasteiger partial charge on any atom is 0.374 e. The lowest BCUT2D eigenvalue weighted by molar-refractivity contribution is 0.618. The summed E-state index contributed by atoms with van der Waals surface area (Å²) < 4.78 is 4.70. The van der Waals surface area contributed by atoms with E-state index in [1.165, 1.54) is 0 Å². The van der Waals surface area contributed by atoms with Gasteiger partial charge in [0, 0.05) is 11.1 Å². The average molecular weight is 213 g/mol. The largest absolute Gasteiger partial charge is 0.566 e. The Labute approximate surface area is 93.7 Å². The minimum absolute atomic E-state index is 0.574. The zero-order valence-corrected chi connectivity index (χ0v) is 8.78. The molecule has 72 valence electrons. The van der Waals surface area contributed by atoms with Crippen LogP contribution in [0.4, 0.5) is 5.69 Å². The molecule has 0 amide bonds. The first kappa shape index (κ1) is 9.99. The molecule has 0 saturated carbocycles. The van der Waals surface area contributed by atoms with E-state index in [0.717, 1.165) is 10.6 Å². The zero-order chi connectivity index (χ0) is 10.5. The van der Waals surface area contributed by atoms with Crippen molar-refractivity contribution in [3.05, 3.63) is 46.7 Å². The molecule has 1 aromatic carbocycles. The Balaban J connectivity index is 2.24. The SMILES string of the molecule is [B]Oc1ccccc1N=Cc1cccs1. The van der Waals surface area contributed by atoms with Crippen LogP contribution in [0, 0.1) is 0 Å². The van der Waals surface area contributed by atoms with Crippen molar-refractivity contribution < 1.29 is 4.65 Å². The summed E-state index contributed by atoms with van der Waals surface area (Å²) in [6.45, 7) is 0. The Bertz CT molecular complexity index is 453. The number of nitrogens with zero attached hydrogens (tertiary/aromatic N) is 1. The third-order valence-corrected chi connectivity index (χ3v) is 2.67. The lowest BCUT2D eigenvalue weighted by Crippen LogP contribution is -1.85. The Morgan fingerprint density at radius 3 is 2.80 bits per heavy atom. The van der Waals surface area contributed by atoms with Gasteiger partial charge in [-0.15, -0.1) is 11.3 Å². The number of rotatable bonds is 3. The molecule has 0 atom stereocenters. The molecule has 0 spiro atoms. The maximum atomic E-state index is 5.13. The van der Waals surface area contributed by atoms with E-state index < -0.39 is 0 Å². The van der Waals surface area contributed by atoms with Crippen LogP contribution in [0.15, 0.2) is 46.8 Å². The highest BCUT2D eigenvalue weighted by Gasteiger charge is 1.97. The molecular weight excluding hydrogens is 205 g/mol. The van der Waals surface area contributed by atoms with E-state index in [1.807, 2.05) is 35.7 Å². The third kappa shape index (κ3) is 2.47. The fourth-order valence-corrected chi connectivity index (χ4v) is 1.75. The minimum Gasteiger partial charge on any atom is -0.566 e. The number of benzene rings is 1. The topological polar surface area (TPSA) is 21.6 Å². The van der Waals surface area contributed by atoms with Gasteiger partial charge in [-0.05, 0) is 23.6 Å². The Morgan fingerprint density at radius 2 is 2.07 bits per heavy atom. The number of para-hydroxylation sites is 2. The number of thiophene rings is 1. The van der Waals surface area contributed by atoms with Gasteiger partial charge in [-0.25, -0.2) is 0 Å². The molecule has 15 heavy (non-hydrogen) atoms. The summed E-state index contributed by atoms with van der Waals surface area (Å²) >= 11 is 1.63. The van der Waals surface area contributed by atoms with Gasteiger partial charge in [0.05, 0.1) is 0 Å². The zero-order valence-electron chi connectivity index (χ0n) is 7.96. The van der Waals surface area contributed by atoms with E-state index >= 15 is 0 Å². The molecule has 2 aromatic rings. The maximum absolute atomic E-state index is 5.13. The van der Waals surface area contributed by atoms with E-state index in [9.17, 15) is 0 Å². The van der Waals surface area contributed by atoms with E-state index in [0.29, 0.717) is 5.75 Å². The molecule has 2 nitrogen and oxygen atoms in total. The standard InChI is InChI=1S/C11H8BNOS/c12-14-11-6-2-1-5-10(11)13-8-9-4-3-7-15-9/h1-8H. The predicted molar refractivity (Wildman–Crippen MR) is 64.4 cm³/mol. The van der Waals surface area contributed by atoms with Crippen LogP contribution < -0.4 is 4.65 Å².